The van der Waals surface area contributed by atoms with Crippen molar-refractivity contribution < 1.29 is 13.2 Å². The lowest BCUT2D eigenvalue weighted by Crippen LogP contribution is -2.37. The molecule has 176 valence electrons. The number of benzene rings is 1. The van der Waals surface area contributed by atoms with Crippen LogP contribution in [0.15, 0.2) is 12.1 Å². The summed E-state index contributed by atoms with van der Waals surface area (Å²) in [4.78, 5) is 0. The van der Waals surface area contributed by atoms with Crippen LogP contribution in [0, 0.1) is 34.7 Å². The smallest absolute Gasteiger partial charge is 0.194 e. The Hall–Kier alpha value is -0.990. The average molecular weight is 437 g/mol. The van der Waals surface area contributed by atoms with Crippen molar-refractivity contribution in [3.05, 3.63) is 35.1 Å². The normalized spacial score (nSPS) is 25.1. The van der Waals surface area contributed by atoms with E-state index in [9.17, 15) is 13.2 Å². The van der Waals surface area contributed by atoms with E-state index in [1.54, 1.807) is 0 Å². The number of halogens is 3. The van der Waals surface area contributed by atoms with Gasteiger partial charge in [-0.05, 0) is 86.3 Å². The number of unbranched alkanes of at least 4 members (excludes halogenated alkanes) is 5. The average Bonchev–Trinajstić information content (AvgIpc) is 2.80. The quantitative estimate of drug-likeness (QED) is 0.239. The first-order chi connectivity index (χ1) is 15.0. The predicted octanol–water partition coefficient (Wildman–Crippen LogP) is 9.54. The van der Waals surface area contributed by atoms with Gasteiger partial charge in [0.25, 0.3) is 0 Å². The molecule has 1 aromatic rings. The van der Waals surface area contributed by atoms with Crippen LogP contribution in [0.5, 0.6) is 0 Å². The highest BCUT2D eigenvalue weighted by Crippen LogP contribution is 2.52. The molecule has 0 spiro atoms. The highest BCUT2D eigenvalue weighted by molar-refractivity contribution is 5.20. The molecule has 0 amide bonds. The van der Waals surface area contributed by atoms with Gasteiger partial charge >= 0.3 is 0 Å². The van der Waals surface area contributed by atoms with Gasteiger partial charge in [0.15, 0.2) is 17.5 Å². The largest absolute Gasteiger partial charge is 0.204 e. The van der Waals surface area contributed by atoms with Crippen LogP contribution in [0.4, 0.5) is 13.2 Å². The first kappa shape index (κ1) is 24.6. The lowest BCUT2D eigenvalue weighted by Gasteiger charge is -2.48. The zero-order chi connectivity index (χ0) is 22.1. The fourth-order valence-electron chi connectivity index (χ4n) is 6.48. The molecule has 2 aliphatic rings. The standard InChI is InChI=1S/C28H43F3/c1-2-3-4-5-6-8-11-22-14-17-28(18-15-22,24-12-9-7-10-13-24)19-16-23-20-25(29)27(31)26(30)21-23/h20-22,24H,2-19H2,1H3. The van der Waals surface area contributed by atoms with Gasteiger partial charge in [-0.2, -0.15) is 0 Å². The van der Waals surface area contributed by atoms with Gasteiger partial charge in [0.05, 0.1) is 0 Å². The molecule has 3 heteroatoms. The summed E-state index contributed by atoms with van der Waals surface area (Å²) in [6.45, 7) is 2.27. The fraction of sp³-hybridized carbons (Fsp3) is 0.786. The van der Waals surface area contributed by atoms with Gasteiger partial charge < -0.3 is 0 Å². The minimum atomic E-state index is -1.35. The molecule has 0 unspecified atom stereocenters. The Bertz CT molecular complexity index is 631. The lowest BCUT2D eigenvalue weighted by molar-refractivity contribution is 0.0378. The Morgan fingerprint density at radius 3 is 2.06 bits per heavy atom. The molecule has 2 fully saturated rings. The summed E-state index contributed by atoms with van der Waals surface area (Å²) in [5, 5.41) is 0. The van der Waals surface area contributed by atoms with Gasteiger partial charge in [0.2, 0.25) is 0 Å². The zero-order valence-electron chi connectivity index (χ0n) is 19.7. The van der Waals surface area contributed by atoms with Crippen LogP contribution in [0.2, 0.25) is 0 Å². The predicted molar refractivity (Wildman–Crippen MR) is 124 cm³/mol. The summed E-state index contributed by atoms with van der Waals surface area (Å²) >= 11 is 0. The SMILES string of the molecule is CCCCCCCCC1CCC(CCc2cc(F)c(F)c(F)c2)(C2CCCCC2)CC1. The Balaban J connectivity index is 1.55. The maximum atomic E-state index is 13.7. The Morgan fingerprint density at radius 1 is 0.806 bits per heavy atom. The minimum absolute atomic E-state index is 0.319. The van der Waals surface area contributed by atoms with Crippen molar-refractivity contribution in [2.45, 2.75) is 122 Å². The highest BCUT2D eigenvalue weighted by Gasteiger charge is 2.41. The van der Waals surface area contributed by atoms with Crippen LogP contribution in [0.25, 0.3) is 0 Å². The summed E-state index contributed by atoms with van der Waals surface area (Å²) in [5.74, 6) is -1.83. The molecule has 2 saturated carbocycles. The number of aryl methyl sites for hydroxylation is 1. The highest BCUT2D eigenvalue weighted by atomic mass is 19.2. The minimum Gasteiger partial charge on any atom is -0.204 e. The second-order valence-corrected chi connectivity index (χ2v) is 10.6. The molecule has 0 bridgehead atoms. The van der Waals surface area contributed by atoms with Crippen molar-refractivity contribution in [2.75, 3.05) is 0 Å². The third kappa shape index (κ3) is 6.99. The van der Waals surface area contributed by atoms with Gasteiger partial charge in [0.1, 0.15) is 0 Å². The van der Waals surface area contributed by atoms with Gasteiger partial charge in [-0.25, -0.2) is 13.2 Å². The zero-order valence-corrected chi connectivity index (χ0v) is 19.7. The van der Waals surface area contributed by atoms with Crippen LogP contribution >= 0.6 is 0 Å². The van der Waals surface area contributed by atoms with E-state index in [1.807, 2.05) is 0 Å². The molecule has 0 saturated heterocycles. The fourth-order valence-corrected chi connectivity index (χ4v) is 6.48. The van der Waals surface area contributed by atoms with Gasteiger partial charge in [-0.15, -0.1) is 0 Å². The van der Waals surface area contributed by atoms with E-state index in [2.05, 4.69) is 6.92 Å². The van der Waals surface area contributed by atoms with E-state index in [1.165, 1.54) is 115 Å². The molecule has 3 rings (SSSR count). The van der Waals surface area contributed by atoms with Crippen molar-refractivity contribution in [1.29, 1.82) is 0 Å². The van der Waals surface area contributed by atoms with E-state index in [0.29, 0.717) is 17.4 Å². The molecule has 0 heterocycles. The van der Waals surface area contributed by atoms with Crippen molar-refractivity contribution in [1.82, 2.24) is 0 Å². The third-order valence-corrected chi connectivity index (χ3v) is 8.49. The summed E-state index contributed by atoms with van der Waals surface area (Å²) in [6.07, 6.45) is 23.0. The molecule has 1 aromatic carbocycles. The molecule has 0 N–H and O–H groups in total. The Kier molecular flexibility index (Phi) is 9.78. The third-order valence-electron chi connectivity index (χ3n) is 8.49. The molecule has 0 radical (unpaired) electrons. The molecule has 31 heavy (non-hydrogen) atoms. The van der Waals surface area contributed by atoms with Crippen molar-refractivity contribution in [2.24, 2.45) is 17.3 Å². The lowest BCUT2D eigenvalue weighted by atomic mass is 9.58. The van der Waals surface area contributed by atoms with Crippen molar-refractivity contribution in [3.8, 4) is 0 Å². The van der Waals surface area contributed by atoms with Gasteiger partial charge in [-0.3, -0.25) is 0 Å². The van der Waals surface area contributed by atoms with Crippen LogP contribution in [-0.2, 0) is 6.42 Å². The molecular weight excluding hydrogens is 393 g/mol. The molecular formula is C28H43F3. The molecule has 0 aromatic heterocycles. The second-order valence-electron chi connectivity index (χ2n) is 10.6. The summed E-state index contributed by atoms with van der Waals surface area (Å²) in [7, 11) is 0. The van der Waals surface area contributed by atoms with E-state index in [0.717, 1.165) is 18.3 Å². The topological polar surface area (TPSA) is 0 Å². The van der Waals surface area contributed by atoms with Crippen LogP contribution in [0.1, 0.15) is 122 Å². The van der Waals surface area contributed by atoms with E-state index in [-0.39, 0.29) is 0 Å². The van der Waals surface area contributed by atoms with E-state index in [4.69, 9.17) is 0 Å². The van der Waals surface area contributed by atoms with Crippen molar-refractivity contribution in [3.63, 3.8) is 0 Å². The summed E-state index contributed by atoms with van der Waals surface area (Å²) in [6, 6.07) is 2.41. The summed E-state index contributed by atoms with van der Waals surface area (Å²) < 4.78 is 40.8. The maximum absolute atomic E-state index is 13.7. The number of hydrogen-bond acceptors (Lipinski definition) is 0. The first-order valence-electron chi connectivity index (χ1n) is 13.2. The summed E-state index contributed by atoms with van der Waals surface area (Å²) in [5.41, 5.74) is 0.931. The van der Waals surface area contributed by atoms with Gasteiger partial charge in [0, 0.05) is 0 Å². The Labute approximate surface area is 188 Å². The Morgan fingerprint density at radius 2 is 1.42 bits per heavy atom. The van der Waals surface area contributed by atoms with Crippen LogP contribution < -0.4 is 0 Å². The van der Waals surface area contributed by atoms with Crippen LogP contribution in [-0.4, -0.2) is 0 Å². The molecule has 0 atom stereocenters. The van der Waals surface area contributed by atoms with Gasteiger partial charge in [-0.1, -0.05) is 71.1 Å². The molecule has 0 nitrogen and oxygen atoms in total. The monoisotopic (exact) mass is 436 g/mol. The first-order valence-corrected chi connectivity index (χ1v) is 13.2. The number of hydrogen-bond donors (Lipinski definition) is 0. The number of rotatable bonds is 11. The van der Waals surface area contributed by atoms with Crippen LogP contribution in [0.3, 0.4) is 0 Å². The van der Waals surface area contributed by atoms with Crippen molar-refractivity contribution >= 4 is 0 Å². The van der Waals surface area contributed by atoms with E-state index >= 15 is 0 Å². The molecule has 0 aliphatic heterocycles. The second kappa shape index (κ2) is 12.3. The maximum Gasteiger partial charge on any atom is 0.194 e. The van der Waals surface area contributed by atoms with E-state index < -0.39 is 17.5 Å². The molecule has 2 aliphatic carbocycles.